The van der Waals surface area contributed by atoms with Gasteiger partial charge in [0.25, 0.3) is 5.91 Å². The number of amides is 1. The highest BCUT2D eigenvalue weighted by atomic mass is 16.2. The van der Waals surface area contributed by atoms with Crippen molar-refractivity contribution < 1.29 is 4.79 Å². The number of carbonyl (C=O) groups excluding carboxylic acids is 1. The second-order valence-electron chi connectivity index (χ2n) is 8.55. The lowest BCUT2D eigenvalue weighted by atomic mass is 9.83. The van der Waals surface area contributed by atoms with Crippen LogP contribution in [0.4, 0.5) is 11.6 Å². The van der Waals surface area contributed by atoms with E-state index in [1.54, 1.807) is 25.2 Å². The summed E-state index contributed by atoms with van der Waals surface area (Å²) in [7, 11) is 3.50. The van der Waals surface area contributed by atoms with Gasteiger partial charge in [-0.15, -0.1) is 10.2 Å². The highest BCUT2D eigenvalue weighted by Crippen LogP contribution is 2.26. The minimum atomic E-state index is -0.225. The van der Waals surface area contributed by atoms with E-state index in [9.17, 15) is 4.79 Å². The number of hydrogen-bond acceptors (Lipinski definition) is 7. The Balaban J connectivity index is 1.47. The molecule has 9 nitrogen and oxygen atoms in total. The predicted octanol–water partition coefficient (Wildman–Crippen LogP) is 3.09. The second-order valence-corrected chi connectivity index (χ2v) is 8.55. The summed E-state index contributed by atoms with van der Waals surface area (Å²) in [5.74, 6) is 1.13. The molecule has 0 fully saturated rings. The number of carbonyl (C=O) groups is 1. The van der Waals surface area contributed by atoms with E-state index in [1.807, 2.05) is 42.5 Å². The van der Waals surface area contributed by atoms with Gasteiger partial charge in [0.1, 0.15) is 11.6 Å². The number of rotatable bonds is 6. The van der Waals surface area contributed by atoms with E-state index < -0.39 is 0 Å². The van der Waals surface area contributed by atoms with Crippen LogP contribution in [0.3, 0.4) is 0 Å². The van der Waals surface area contributed by atoms with Gasteiger partial charge in [0.2, 0.25) is 0 Å². The van der Waals surface area contributed by atoms with Crippen molar-refractivity contribution in [2.24, 2.45) is 0 Å². The zero-order valence-corrected chi connectivity index (χ0v) is 18.5. The fourth-order valence-corrected chi connectivity index (χ4v) is 3.38. The van der Waals surface area contributed by atoms with Crippen LogP contribution in [0.2, 0.25) is 0 Å². The summed E-state index contributed by atoms with van der Waals surface area (Å²) >= 11 is 0. The maximum absolute atomic E-state index is 12.3. The third-order valence-electron chi connectivity index (χ3n) is 5.41. The number of nitrogen functional groups attached to an aromatic ring is 1. The molecule has 0 aliphatic rings. The maximum atomic E-state index is 12.3. The second kappa shape index (κ2) is 8.26. The van der Waals surface area contributed by atoms with Crippen LogP contribution >= 0.6 is 0 Å². The molecule has 9 heteroatoms. The first-order valence-corrected chi connectivity index (χ1v) is 10.2. The summed E-state index contributed by atoms with van der Waals surface area (Å²) in [5, 5.41) is 19.5. The van der Waals surface area contributed by atoms with E-state index in [4.69, 9.17) is 5.73 Å². The van der Waals surface area contributed by atoms with E-state index in [1.165, 1.54) is 0 Å². The number of aromatic nitrogens is 5. The average molecular weight is 431 g/mol. The number of anilines is 2. The zero-order chi connectivity index (χ0) is 22.9. The molecule has 4 aromatic rings. The molecule has 0 unspecified atom stereocenters. The zero-order valence-electron chi connectivity index (χ0n) is 18.5. The van der Waals surface area contributed by atoms with Crippen LogP contribution in [-0.4, -0.2) is 56.8 Å². The molecule has 164 valence electrons. The lowest BCUT2D eigenvalue weighted by Crippen LogP contribution is -2.29. The van der Waals surface area contributed by atoms with Crippen LogP contribution < -0.4 is 11.1 Å². The van der Waals surface area contributed by atoms with Crippen LogP contribution in [0.25, 0.3) is 22.3 Å². The van der Waals surface area contributed by atoms with Crippen molar-refractivity contribution in [2.75, 3.05) is 31.7 Å². The average Bonchev–Trinajstić information content (AvgIpc) is 3.17. The van der Waals surface area contributed by atoms with Crippen molar-refractivity contribution in [3.05, 3.63) is 59.8 Å². The molecule has 0 bridgehead atoms. The highest BCUT2D eigenvalue weighted by molar-refractivity contribution is 5.94. The van der Waals surface area contributed by atoms with Crippen molar-refractivity contribution in [2.45, 2.75) is 19.3 Å². The standard InChI is InChI=1S/C23H26N8O/c1-23(2,16-7-5-6-14(10-16)22(32)31(3)4)13-26-19-9-8-18(27-28-19)15-11-17-20(24)29-30-21(17)25-12-15/h5-12H,13H2,1-4H3,(H,26,28)(H3,24,25,29,30). The van der Waals surface area contributed by atoms with Gasteiger partial charge in [-0.25, -0.2) is 4.98 Å². The van der Waals surface area contributed by atoms with Gasteiger partial charge >= 0.3 is 0 Å². The summed E-state index contributed by atoms with van der Waals surface area (Å²) in [6, 6.07) is 13.4. The van der Waals surface area contributed by atoms with Gasteiger partial charge in [-0.05, 0) is 35.9 Å². The molecule has 0 aliphatic heterocycles. The fraction of sp³-hybridized carbons (Fsp3) is 0.261. The number of fused-ring (bicyclic) bond motifs is 1. The molecule has 32 heavy (non-hydrogen) atoms. The van der Waals surface area contributed by atoms with E-state index in [2.05, 4.69) is 44.5 Å². The Morgan fingerprint density at radius 3 is 2.69 bits per heavy atom. The molecule has 0 aliphatic carbocycles. The number of aromatic amines is 1. The number of pyridine rings is 1. The normalized spacial score (nSPS) is 11.5. The van der Waals surface area contributed by atoms with Crippen molar-refractivity contribution in [3.8, 4) is 11.3 Å². The summed E-state index contributed by atoms with van der Waals surface area (Å²) in [6.45, 7) is 4.87. The minimum absolute atomic E-state index is 0.0121. The van der Waals surface area contributed by atoms with E-state index in [0.717, 1.165) is 16.5 Å². The molecule has 0 spiro atoms. The molecular formula is C23H26N8O. The maximum Gasteiger partial charge on any atom is 0.253 e. The number of nitrogens with two attached hydrogens (primary N) is 1. The molecule has 0 saturated carbocycles. The van der Waals surface area contributed by atoms with E-state index in [0.29, 0.717) is 35.1 Å². The molecule has 4 rings (SSSR count). The highest BCUT2D eigenvalue weighted by Gasteiger charge is 2.22. The van der Waals surface area contributed by atoms with Gasteiger partial charge < -0.3 is 16.0 Å². The molecular weight excluding hydrogens is 404 g/mol. The molecule has 0 saturated heterocycles. The molecule has 1 aromatic carbocycles. The third-order valence-corrected chi connectivity index (χ3v) is 5.41. The Morgan fingerprint density at radius 1 is 1.16 bits per heavy atom. The van der Waals surface area contributed by atoms with Gasteiger partial charge in [0.05, 0.1) is 11.1 Å². The molecule has 4 N–H and O–H groups in total. The quantitative estimate of drug-likeness (QED) is 0.429. The molecule has 3 aromatic heterocycles. The van der Waals surface area contributed by atoms with Crippen molar-refractivity contribution in [1.29, 1.82) is 0 Å². The Morgan fingerprint density at radius 2 is 1.97 bits per heavy atom. The van der Waals surface area contributed by atoms with Gasteiger partial charge in [-0.1, -0.05) is 26.0 Å². The van der Waals surface area contributed by atoms with Crippen LogP contribution in [0.1, 0.15) is 29.8 Å². The van der Waals surface area contributed by atoms with Crippen LogP contribution in [0.5, 0.6) is 0 Å². The topological polar surface area (TPSA) is 126 Å². The molecule has 3 heterocycles. The van der Waals surface area contributed by atoms with Crippen molar-refractivity contribution >= 4 is 28.6 Å². The first kappa shape index (κ1) is 21.2. The Kier molecular flexibility index (Phi) is 5.48. The van der Waals surface area contributed by atoms with Crippen LogP contribution in [0, 0.1) is 0 Å². The van der Waals surface area contributed by atoms with Gasteiger partial charge in [0.15, 0.2) is 5.65 Å². The number of H-pyrrole nitrogens is 1. The monoisotopic (exact) mass is 430 g/mol. The first-order valence-electron chi connectivity index (χ1n) is 10.2. The summed E-state index contributed by atoms with van der Waals surface area (Å²) in [6.07, 6.45) is 1.70. The summed E-state index contributed by atoms with van der Waals surface area (Å²) in [4.78, 5) is 18.2. The molecule has 0 radical (unpaired) electrons. The number of nitrogens with zero attached hydrogens (tertiary/aromatic N) is 5. The lowest BCUT2D eigenvalue weighted by molar-refractivity contribution is 0.0827. The Labute approximate surface area is 186 Å². The van der Waals surface area contributed by atoms with Crippen LogP contribution in [-0.2, 0) is 5.41 Å². The number of benzene rings is 1. The van der Waals surface area contributed by atoms with Crippen molar-refractivity contribution in [1.82, 2.24) is 30.3 Å². The molecule has 1 amide bonds. The fourth-order valence-electron chi connectivity index (χ4n) is 3.38. The third kappa shape index (κ3) is 4.22. The van der Waals surface area contributed by atoms with E-state index in [-0.39, 0.29) is 11.3 Å². The number of nitrogens with one attached hydrogen (secondary N) is 2. The number of hydrogen-bond donors (Lipinski definition) is 3. The molecule has 0 atom stereocenters. The predicted molar refractivity (Wildman–Crippen MR) is 125 cm³/mol. The van der Waals surface area contributed by atoms with Gasteiger partial charge in [-0.3, -0.25) is 9.89 Å². The van der Waals surface area contributed by atoms with Gasteiger partial charge in [-0.2, -0.15) is 5.10 Å². The summed E-state index contributed by atoms with van der Waals surface area (Å²) < 4.78 is 0. The lowest BCUT2D eigenvalue weighted by Gasteiger charge is -2.26. The van der Waals surface area contributed by atoms with Gasteiger partial charge in [0, 0.05) is 43.4 Å². The van der Waals surface area contributed by atoms with E-state index >= 15 is 0 Å². The minimum Gasteiger partial charge on any atom is -0.384 e. The van der Waals surface area contributed by atoms with Crippen LogP contribution in [0.15, 0.2) is 48.7 Å². The first-order chi connectivity index (χ1) is 15.2. The largest absolute Gasteiger partial charge is 0.384 e. The summed E-state index contributed by atoms with van der Waals surface area (Å²) in [5.41, 5.74) is 9.48. The van der Waals surface area contributed by atoms with Crippen molar-refractivity contribution in [3.63, 3.8) is 0 Å². The SMILES string of the molecule is CN(C)C(=O)c1cccc(C(C)(C)CNc2ccc(-c3cnc4n[nH]c(N)c4c3)nn2)c1. The Hall–Kier alpha value is -4.01. The Bertz CT molecular complexity index is 1260. The smallest absolute Gasteiger partial charge is 0.253 e.